The summed E-state index contributed by atoms with van der Waals surface area (Å²) in [7, 11) is 0. The largest absolute Gasteiger partial charge is 0.482 e. The molecular formula is C22H22N6OS. The van der Waals surface area contributed by atoms with Crippen LogP contribution in [0.25, 0.3) is 22.5 Å². The quantitative estimate of drug-likeness (QED) is 0.492. The number of benzene rings is 1. The number of fused-ring (bicyclic) bond motifs is 7. The summed E-state index contributed by atoms with van der Waals surface area (Å²) in [5, 5.41) is 10.9. The Balaban J connectivity index is 1.79. The number of nitrogens with zero attached hydrogens (tertiary/aromatic N) is 5. The normalized spacial score (nSPS) is 15.2. The van der Waals surface area contributed by atoms with Gasteiger partial charge in [0.1, 0.15) is 6.10 Å². The van der Waals surface area contributed by atoms with Crippen LogP contribution in [0.1, 0.15) is 42.3 Å². The molecule has 0 amide bonds. The highest BCUT2D eigenvalue weighted by Crippen LogP contribution is 2.38. The Hall–Kier alpha value is -3.26. The number of aromatic nitrogens is 5. The maximum Gasteiger partial charge on any atom is 0.166 e. The van der Waals surface area contributed by atoms with E-state index in [1.165, 1.54) is 17.1 Å². The zero-order valence-electron chi connectivity index (χ0n) is 17.1. The maximum atomic E-state index is 6.33. The molecule has 0 saturated heterocycles. The first kappa shape index (κ1) is 18.7. The van der Waals surface area contributed by atoms with E-state index in [1.807, 2.05) is 24.6 Å². The molecule has 8 heteroatoms. The van der Waals surface area contributed by atoms with Crippen LogP contribution < -0.4 is 10.5 Å². The molecule has 0 aliphatic carbocycles. The van der Waals surface area contributed by atoms with Gasteiger partial charge in [0, 0.05) is 41.2 Å². The van der Waals surface area contributed by atoms with Crippen LogP contribution in [0, 0.1) is 6.92 Å². The molecule has 4 heterocycles. The topological polar surface area (TPSA) is 91.7 Å². The highest BCUT2D eigenvalue weighted by molar-refractivity contribution is 7.04. The molecule has 0 fully saturated rings. The van der Waals surface area contributed by atoms with Gasteiger partial charge in [0.05, 0.1) is 17.1 Å². The fourth-order valence-corrected chi connectivity index (χ4v) is 4.65. The minimum Gasteiger partial charge on any atom is -0.482 e. The van der Waals surface area contributed by atoms with E-state index in [0.29, 0.717) is 24.5 Å². The van der Waals surface area contributed by atoms with Crippen molar-refractivity contribution in [2.45, 2.75) is 39.8 Å². The van der Waals surface area contributed by atoms with Crippen LogP contribution in [0.4, 0.5) is 5.82 Å². The van der Waals surface area contributed by atoms with Gasteiger partial charge >= 0.3 is 0 Å². The molecule has 0 unspecified atom stereocenters. The summed E-state index contributed by atoms with van der Waals surface area (Å²) >= 11 is 1.46. The van der Waals surface area contributed by atoms with Crippen molar-refractivity contribution in [3.05, 3.63) is 58.2 Å². The van der Waals surface area contributed by atoms with Crippen molar-refractivity contribution in [3.63, 3.8) is 0 Å². The minimum atomic E-state index is -0.220. The smallest absolute Gasteiger partial charge is 0.166 e. The molecule has 2 N–H and O–H groups in total. The van der Waals surface area contributed by atoms with Crippen molar-refractivity contribution >= 4 is 17.4 Å². The molecule has 5 rings (SSSR count). The second-order valence-corrected chi connectivity index (χ2v) is 8.15. The van der Waals surface area contributed by atoms with Gasteiger partial charge in [-0.3, -0.25) is 0 Å². The molecule has 4 aromatic rings. The molecule has 1 atom stereocenters. The number of ether oxygens (including phenoxy) is 1. The van der Waals surface area contributed by atoms with Gasteiger partial charge in [-0.25, -0.2) is 9.67 Å². The second kappa shape index (κ2) is 7.21. The van der Waals surface area contributed by atoms with Gasteiger partial charge in [0.2, 0.25) is 0 Å². The van der Waals surface area contributed by atoms with Crippen LogP contribution in [0.5, 0.6) is 5.75 Å². The molecular weight excluding hydrogens is 396 g/mol. The third-order valence-corrected chi connectivity index (χ3v) is 6.14. The summed E-state index contributed by atoms with van der Waals surface area (Å²) in [6.07, 6.45) is 2.18. The van der Waals surface area contributed by atoms with Crippen LogP contribution >= 0.6 is 11.5 Å². The van der Waals surface area contributed by atoms with Crippen LogP contribution in [-0.2, 0) is 13.0 Å². The molecule has 1 aliphatic rings. The van der Waals surface area contributed by atoms with E-state index in [4.69, 9.17) is 14.8 Å². The number of pyridine rings is 1. The van der Waals surface area contributed by atoms with Crippen molar-refractivity contribution in [2.75, 3.05) is 5.73 Å². The molecule has 0 saturated carbocycles. The number of nitrogens with two attached hydrogens (primary N) is 1. The minimum absolute atomic E-state index is 0.220. The SMILES string of the molecule is CCn1nnc2c1-c1cnc(N)c(c1)O[C@H](C)c1cc(C)ccc1-c1nscc1C2. The van der Waals surface area contributed by atoms with Gasteiger partial charge in [0.25, 0.3) is 0 Å². The monoisotopic (exact) mass is 418 g/mol. The predicted octanol–water partition coefficient (Wildman–Crippen LogP) is 4.42. The zero-order chi connectivity index (χ0) is 20.8. The molecule has 152 valence electrons. The van der Waals surface area contributed by atoms with Gasteiger partial charge in [-0.1, -0.05) is 29.0 Å². The fraction of sp³-hybridized carbons (Fsp3) is 0.273. The first-order chi connectivity index (χ1) is 14.5. The van der Waals surface area contributed by atoms with Crippen LogP contribution in [0.3, 0.4) is 0 Å². The Morgan fingerprint density at radius 1 is 1.30 bits per heavy atom. The van der Waals surface area contributed by atoms with E-state index in [0.717, 1.165) is 39.3 Å². The number of anilines is 1. The van der Waals surface area contributed by atoms with E-state index < -0.39 is 0 Å². The van der Waals surface area contributed by atoms with Crippen molar-refractivity contribution in [1.82, 2.24) is 24.4 Å². The molecule has 30 heavy (non-hydrogen) atoms. The summed E-state index contributed by atoms with van der Waals surface area (Å²) < 4.78 is 13.0. The highest BCUT2D eigenvalue weighted by atomic mass is 32.1. The zero-order valence-corrected chi connectivity index (χ0v) is 17.9. The molecule has 1 aliphatic heterocycles. The first-order valence-electron chi connectivity index (χ1n) is 9.94. The first-order valence-corrected chi connectivity index (χ1v) is 10.8. The van der Waals surface area contributed by atoms with Crippen molar-refractivity contribution < 1.29 is 4.74 Å². The molecule has 0 spiro atoms. The second-order valence-electron chi connectivity index (χ2n) is 7.52. The average Bonchev–Trinajstić information content (AvgIpc) is 3.36. The van der Waals surface area contributed by atoms with Gasteiger partial charge in [-0.05, 0) is 43.9 Å². The lowest BCUT2D eigenvalue weighted by molar-refractivity contribution is 0.228. The Bertz CT molecular complexity index is 1240. The average molecular weight is 419 g/mol. The lowest BCUT2D eigenvalue weighted by atomic mass is 9.94. The van der Waals surface area contributed by atoms with Crippen molar-refractivity contribution in [1.29, 1.82) is 0 Å². The molecule has 1 aromatic carbocycles. The van der Waals surface area contributed by atoms with Gasteiger partial charge < -0.3 is 10.5 Å². The van der Waals surface area contributed by atoms with Gasteiger partial charge in [0.15, 0.2) is 11.6 Å². The van der Waals surface area contributed by atoms with Crippen LogP contribution in [0.2, 0.25) is 0 Å². The Kier molecular flexibility index (Phi) is 4.51. The summed E-state index contributed by atoms with van der Waals surface area (Å²) in [5.74, 6) is 0.921. The van der Waals surface area contributed by atoms with Gasteiger partial charge in [-0.15, -0.1) is 5.10 Å². The number of rotatable bonds is 1. The summed E-state index contributed by atoms with van der Waals surface area (Å²) in [5.41, 5.74) is 14.3. The maximum absolute atomic E-state index is 6.33. The molecule has 0 radical (unpaired) electrons. The highest BCUT2D eigenvalue weighted by Gasteiger charge is 2.24. The summed E-state index contributed by atoms with van der Waals surface area (Å²) in [6, 6.07) is 8.32. The van der Waals surface area contributed by atoms with E-state index in [1.54, 1.807) is 6.20 Å². The standard InChI is InChI=1S/C22H22N6OS/c1-4-28-21-14-9-19(22(23)24-10-14)29-13(3)17-7-12(2)5-6-16(17)20-15(11-30-26-20)8-18(21)25-27-28/h5-7,9-11,13H,4,8H2,1-3H3,(H2,23,24)/t13-/m1/s1. The number of hydrogen-bond donors (Lipinski definition) is 1. The molecule has 3 aromatic heterocycles. The Morgan fingerprint density at radius 2 is 2.17 bits per heavy atom. The number of aryl methyl sites for hydroxylation is 2. The lowest BCUT2D eigenvalue weighted by Gasteiger charge is -2.21. The predicted molar refractivity (Wildman–Crippen MR) is 117 cm³/mol. The third-order valence-electron chi connectivity index (χ3n) is 5.46. The fourth-order valence-electron chi connectivity index (χ4n) is 3.96. The third kappa shape index (κ3) is 3.04. The van der Waals surface area contributed by atoms with Crippen LogP contribution in [-0.4, -0.2) is 24.4 Å². The number of hydrogen-bond acceptors (Lipinski definition) is 7. The van der Waals surface area contributed by atoms with E-state index in [2.05, 4.69) is 45.8 Å². The summed E-state index contributed by atoms with van der Waals surface area (Å²) in [6.45, 7) is 6.87. The lowest BCUT2D eigenvalue weighted by Crippen LogP contribution is -2.09. The summed E-state index contributed by atoms with van der Waals surface area (Å²) in [4.78, 5) is 4.40. The van der Waals surface area contributed by atoms with Gasteiger partial charge in [-0.2, -0.15) is 4.37 Å². The number of nitrogen functional groups attached to an aromatic ring is 1. The van der Waals surface area contributed by atoms with Crippen molar-refractivity contribution in [3.8, 4) is 28.3 Å². The Labute approximate surface area is 178 Å². The Morgan fingerprint density at radius 3 is 3.00 bits per heavy atom. The molecule has 7 nitrogen and oxygen atoms in total. The van der Waals surface area contributed by atoms with Crippen LogP contribution in [0.15, 0.2) is 35.8 Å². The van der Waals surface area contributed by atoms with E-state index in [9.17, 15) is 0 Å². The van der Waals surface area contributed by atoms with E-state index in [-0.39, 0.29) is 6.10 Å². The molecule has 2 bridgehead atoms. The van der Waals surface area contributed by atoms with Crippen molar-refractivity contribution in [2.24, 2.45) is 0 Å². The van der Waals surface area contributed by atoms with E-state index >= 15 is 0 Å².